The molecular weight excluding hydrogens is 264 g/mol. The van der Waals surface area contributed by atoms with Crippen LogP contribution in [0.25, 0.3) is 0 Å². The fraction of sp³-hybridized carbons (Fsp3) is 0.429. The van der Waals surface area contributed by atoms with E-state index in [0.29, 0.717) is 10.7 Å². The Kier molecular flexibility index (Phi) is 4.79. The first kappa shape index (κ1) is 15.3. The van der Waals surface area contributed by atoms with Gasteiger partial charge in [0.25, 0.3) is 0 Å². The van der Waals surface area contributed by atoms with E-state index >= 15 is 0 Å². The molecule has 102 valence electrons. The molecule has 4 nitrogen and oxygen atoms in total. The average molecular weight is 281 g/mol. The number of benzene rings is 1. The second kappa shape index (κ2) is 5.94. The van der Waals surface area contributed by atoms with Gasteiger partial charge in [-0.25, -0.2) is 4.79 Å². The maximum Gasteiger partial charge on any atom is 0.412 e. The summed E-state index contributed by atoms with van der Waals surface area (Å²) >= 11 is 6.08. The SMILES string of the molecule is CC(C#N)c1ccc(NC(=O)OC(C)(C)C)cc1Cl. The number of rotatable bonds is 2. The molecule has 1 rings (SSSR count). The van der Waals surface area contributed by atoms with E-state index in [1.807, 2.05) is 0 Å². The molecule has 1 aromatic carbocycles. The molecule has 0 aliphatic carbocycles. The summed E-state index contributed by atoms with van der Waals surface area (Å²) in [6.45, 7) is 7.13. The highest BCUT2D eigenvalue weighted by molar-refractivity contribution is 6.31. The van der Waals surface area contributed by atoms with Gasteiger partial charge in [0.2, 0.25) is 0 Å². The third-order valence-electron chi connectivity index (χ3n) is 2.31. The van der Waals surface area contributed by atoms with E-state index < -0.39 is 11.7 Å². The summed E-state index contributed by atoms with van der Waals surface area (Å²) in [5.41, 5.74) is 0.718. The summed E-state index contributed by atoms with van der Waals surface area (Å²) in [5.74, 6) is -0.289. The Labute approximate surface area is 118 Å². The normalized spacial score (nSPS) is 12.4. The molecule has 19 heavy (non-hydrogen) atoms. The number of ether oxygens (including phenoxy) is 1. The predicted octanol–water partition coefficient (Wildman–Crippen LogP) is 4.31. The lowest BCUT2D eigenvalue weighted by atomic mass is 10.0. The van der Waals surface area contributed by atoms with E-state index in [-0.39, 0.29) is 5.92 Å². The van der Waals surface area contributed by atoms with Gasteiger partial charge in [-0.15, -0.1) is 0 Å². The molecule has 0 saturated heterocycles. The topological polar surface area (TPSA) is 62.1 Å². The van der Waals surface area contributed by atoms with Crippen molar-refractivity contribution >= 4 is 23.4 Å². The molecule has 1 unspecified atom stereocenters. The summed E-state index contributed by atoms with van der Waals surface area (Å²) in [6.07, 6.45) is -0.537. The van der Waals surface area contributed by atoms with Gasteiger partial charge in [0.1, 0.15) is 5.60 Å². The van der Waals surface area contributed by atoms with E-state index in [2.05, 4.69) is 11.4 Å². The second-order valence-corrected chi connectivity index (χ2v) is 5.62. The van der Waals surface area contributed by atoms with Gasteiger partial charge < -0.3 is 4.74 Å². The monoisotopic (exact) mass is 280 g/mol. The largest absolute Gasteiger partial charge is 0.444 e. The predicted molar refractivity (Wildman–Crippen MR) is 75.3 cm³/mol. The van der Waals surface area contributed by atoms with Gasteiger partial charge in [-0.2, -0.15) is 5.26 Å². The molecule has 1 atom stereocenters. The highest BCUT2D eigenvalue weighted by Crippen LogP contribution is 2.27. The van der Waals surface area contributed by atoms with Crippen molar-refractivity contribution < 1.29 is 9.53 Å². The fourth-order valence-corrected chi connectivity index (χ4v) is 1.79. The van der Waals surface area contributed by atoms with Crippen molar-refractivity contribution in [2.75, 3.05) is 5.32 Å². The minimum absolute atomic E-state index is 0.289. The van der Waals surface area contributed by atoms with Crippen LogP contribution in [-0.4, -0.2) is 11.7 Å². The maximum atomic E-state index is 11.6. The zero-order valence-electron chi connectivity index (χ0n) is 11.5. The Balaban J connectivity index is 2.80. The standard InChI is InChI=1S/C14H17ClN2O2/c1-9(8-16)11-6-5-10(7-12(11)15)17-13(18)19-14(2,3)4/h5-7,9H,1-4H3,(H,17,18). The Morgan fingerprint density at radius 1 is 1.47 bits per heavy atom. The zero-order chi connectivity index (χ0) is 14.6. The van der Waals surface area contributed by atoms with Crippen LogP contribution in [0.1, 0.15) is 39.2 Å². The molecule has 0 aromatic heterocycles. The van der Waals surface area contributed by atoms with Gasteiger partial charge >= 0.3 is 6.09 Å². The molecule has 0 bridgehead atoms. The third-order valence-corrected chi connectivity index (χ3v) is 2.63. The molecule has 0 heterocycles. The van der Waals surface area contributed by atoms with E-state index in [0.717, 1.165) is 5.56 Å². The summed E-state index contributed by atoms with van der Waals surface area (Å²) in [7, 11) is 0. The first-order valence-electron chi connectivity index (χ1n) is 5.92. The molecule has 0 saturated carbocycles. The smallest absolute Gasteiger partial charge is 0.412 e. The molecule has 1 N–H and O–H groups in total. The average Bonchev–Trinajstić information content (AvgIpc) is 2.25. The van der Waals surface area contributed by atoms with Crippen LogP contribution in [0.5, 0.6) is 0 Å². The number of anilines is 1. The number of amides is 1. The second-order valence-electron chi connectivity index (χ2n) is 5.21. The third kappa shape index (κ3) is 4.80. The van der Waals surface area contributed by atoms with Crippen molar-refractivity contribution in [1.29, 1.82) is 5.26 Å². The van der Waals surface area contributed by atoms with Crippen molar-refractivity contribution in [3.8, 4) is 6.07 Å². The number of carbonyl (C=O) groups excluding carboxylic acids is 1. The number of nitrogens with zero attached hydrogens (tertiary/aromatic N) is 1. The number of carbonyl (C=O) groups is 1. The lowest BCUT2D eigenvalue weighted by Crippen LogP contribution is -2.27. The number of nitrogens with one attached hydrogen (secondary N) is 1. The number of nitriles is 1. The molecule has 0 fully saturated rings. The van der Waals surface area contributed by atoms with Crippen molar-refractivity contribution in [3.05, 3.63) is 28.8 Å². The van der Waals surface area contributed by atoms with Crippen LogP contribution in [0.4, 0.5) is 10.5 Å². The number of halogens is 1. The van der Waals surface area contributed by atoms with Crippen LogP contribution in [0, 0.1) is 11.3 Å². The molecule has 5 heteroatoms. The first-order chi connectivity index (χ1) is 8.73. The van der Waals surface area contributed by atoms with Gasteiger partial charge in [-0.05, 0) is 45.4 Å². The molecule has 1 aromatic rings. The van der Waals surface area contributed by atoms with Crippen LogP contribution >= 0.6 is 11.6 Å². The Bertz CT molecular complexity index is 515. The lowest BCUT2D eigenvalue weighted by Gasteiger charge is -2.20. The van der Waals surface area contributed by atoms with Crippen molar-refractivity contribution in [2.24, 2.45) is 0 Å². The molecule has 1 amide bonds. The van der Waals surface area contributed by atoms with Crippen molar-refractivity contribution in [3.63, 3.8) is 0 Å². The minimum Gasteiger partial charge on any atom is -0.444 e. The molecular formula is C14H17ClN2O2. The zero-order valence-corrected chi connectivity index (χ0v) is 12.2. The Hall–Kier alpha value is -1.73. The van der Waals surface area contributed by atoms with E-state index in [4.69, 9.17) is 21.6 Å². The van der Waals surface area contributed by atoms with Crippen LogP contribution in [0.15, 0.2) is 18.2 Å². The van der Waals surface area contributed by atoms with Gasteiger partial charge in [-0.3, -0.25) is 5.32 Å². The lowest BCUT2D eigenvalue weighted by molar-refractivity contribution is 0.0636. The summed E-state index contributed by atoms with van der Waals surface area (Å²) < 4.78 is 5.13. The van der Waals surface area contributed by atoms with Crippen LogP contribution < -0.4 is 5.32 Å². The Morgan fingerprint density at radius 2 is 2.11 bits per heavy atom. The summed E-state index contributed by atoms with van der Waals surface area (Å²) in [5, 5.41) is 11.9. The summed E-state index contributed by atoms with van der Waals surface area (Å²) in [4.78, 5) is 11.6. The molecule has 0 radical (unpaired) electrons. The minimum atomic E-state index is -0.552. The van der Waals surface area contributed by atoms with Crippen molar-refractivity contribution in [1.82, 2.24) is 0 Å². The van der Waals surface area contributed by atoms with E-state index in [9.17, 15) is 4.79 Å². The van der Waals surface area contributed by atoms with Crippen LogP contribution in [0.3, 0.4) is 0 Å². The number of hydrogen-bond acceptors (Lipinski definition) is 3. The first-order valence-corrected chi connectivity index (χ1v) is 6.30. The fourth-order valence-electron chi connectivity index (χ4n) is 1.45. The van der Waals surface area contributed by atoms with Gasteiger partial charge in [0.05, 0.1) is 12.0 Å². The molecule has 0 aliphatic heterocycles. The van der Waals surface area contributed by atoms with Crippen LogP contribution in [0.2, 0.25) is 5.02 Å². The Morgan fingerprint density at radius 3 is 2.58 bits per heavy atom. The highest BCUT2D eigenvalue weighted by Gasteiger charge is 2.17. The quantitative estimate of drug-likeness (QED) is 0.878. The number of hydrogen-bond donors (Lipinski definition) is 1. The van der Waals surface area contributed by atoms with E-state index in [1.165, 1.54) is 0 Å². The van der Waals surface area contributed by atoms with Crippen LogP contribution in [-0.2, 0) is 4.74 Å². The maximum absolute atomic E-state index is 11.6. The molecule has 0 spiro atoms. The van der Waals surface area contributed by atoms with Gasteiger partial charge in [-0.1, -0.05) is 17.7 Å². The van der Waals surface area contributed by atoms with E-state index in [1.54, 1.807) is 45.9 Å². The van der Waals surface area contributed by atoms with Gasteiger partial charge in [0.15, 0.2) is 0 Å². The highest BCUT2D eigenvalue weighted by atomic mass is 35.5. The van der Waals surface area contributed by atoms with Crippen molar-refractivity contribution in [2.45, 2.75) is 39.2 Å². The van der Waals surface area contributed by atoms with Gasteiger partial charge in [0, 0.05) is 10.7 Å². The molecule has 0 aliphatic rings. The summed E-state index contributed by atoms with van der Waals surface area (Å²) in [6, 6.07) is 7.14.